The highest BCUT2D eigenvalue weighted by atomic mass is 16.5. The first-order valence-corrected chi connectivity index (χ1v) is 9.82. The van der Waals surface area contributed by atoms with E-state index in [-0.39, 0.29) is 18.1 Å². The second-order valence-corrected chi connectivity index (χ2v) is 7.62. The third kappa shape index (κ3) is 3.64. The monoisotopic (exact) mass is 365 g/mol. The van der Waals surface area contributed by atoms with Crippen LogP contribution >= 0.6 is 0 Å². The zero-order valence-electron chi connectivity index (χ0n) is 15.8. The molecule has 2 saturated heterocycles. The second kappa shape index (κ2) is 7.83. The third-order valence-electron chi connectivity index (χ3n) is 5.80. The Morgan fingerprint density at radius 2 is 1.59 bits per heavy atom. The molecule has 27 heavy (non-hydrogen) atoms. The Morgan fingerprint density at radius 3 is 2.26 bits per heavy atom. The molecule has 2 aliphatic rings. The van der Waals surface area contributed by atoms with E-state index in [2.05, 4.69) is 31.2 Å². The van der Waals surface area contributed by atoms with Crippen molar-refractivity contribution in [2.45, 2.75) is 37.4 Å². The van der Waals surface area contributed by atoms with Gasteiger partial charge in [0.1, 0.15) is 6.10 Å². The quantitative estimate of drug-likeness (QED) is 0.832. The Balaban J connectivity index is 1.63. The molecule has 2 aromatic carbocycles. The number of carbonyl (C=O) groups is 1. The van der Waals surface area contributed by atoms with Crippen LogP contribution in [0.3, 0.4) is 0 Å². The summed E-state index contributed by atoms with van der Waals surface area (Å²) in [6.45, 7) is 4.54. The highest BCUT2D eigenvalue weighted by Gasteiger charge is 2.45. The summed E-state index contributed by atoms with van der Waals surface area (Å²) in [5.74, 6) is 0.216. The van der Waals surface area contributed by atoms with Crippen LogP contribution in [0.1, 0.15) is 37.0 Å². The van der Waals surface area contributed by atoms with Gasteiger partial charge in [-0.1, -0.05) is 60.7 Å². The summed E-state index contributed by atoms with van der Waals surface area (Å²) in [5, 5.41) is 0. The van der Waals surface area contributed by atoms with Gasteiger partial charge in [-0.2, -0.15) is 0 Å². The van der Waals surface area contributed by atoms with Crippen molar-refractivity contribution in [1.82, 2.24) is 4.90 Å². The van der Waals surface area contributed by atoms with Gasteiger partial charge in [0.2, 0.25) is 5.91 Å². The summed E-state index contributed by atoms with van der Waals surface area (Å²) in [4.78, 5) is 15.8. The number of benzene rings is 2. The molecule has 2 aromatic rings. The summed E-state index contributed by atoms with van der Waals surface area (Å²) in [7, 11) is 0. The molecule has 2 heterocycles. The van der Waals surface area contributed by atoms with Crippen molar-refractivity contribution >= 4 is 5.91 Å². The van der Waals surface area contributed by atoms with Crippen molar-refractivity contribution in [1.29, 1.82) is 0 Å². The Bertz CT molecular complexity index is 756. The fourth-order valence-corrected chi connectivity index (χ4v) is 4.37. The second-order valence-electron chi connectivity index (χ2n) is 7.62. The number of nitrogens with zero attached hydrogens (tertiary/aromatic N) is 1. The molecule has 0 N–H and O–H groups in total. The van der Waals surface area contributed by atoms with Crippen LogP contribution in [0.15, 0.2) is 60.7 Å². The lowest BCUT2D eigenvalue weighted by molar-refractivity contribution is -0.154. The SMILES string of the molecule is C[C@H]1CN(C(=O)C2(c3ccccc3)CCOCC2)C[C@@H](c2ccccc2)O1. The van der Waals surface area contributed by atoms with Gasteiger partial charge in [0.15, 0.2) is 0 Å². The zero-order valence-corrected chi connectivity index (χ0v) is 15.8. The third-order valence-corrected chi connectivity index (χ3v) is 5.80. The highest BCUT2D eigenvalue weighted by Crippen LogP contribution is 2.38. The summed E-state index contributed by atoms with van der Waals surface area (Å²) in [6, 6.07) is 20.4. The molecule has 0 saturated carbocycles. The van der Waals surface area contributed by atoms with Crippen LogP contribution in [0.2, 0.25) is 0 Å². The van der Waals surface area contributed by atoms with Gasteiger partial charge in [0.25, 0.3) is 0 Å². The van der Waals surface area contributed by atoms with Gasteiger partial charge in [-0.15, -0.1) is 0 Å². The minimum Gasteiger partial charge on any atom is -0.381 e. The van der Waals surface area contributed by atoms with Crippen LogP contribution < -0.4 is 0 Å². The molecule has 0 radical (unpaired) electrons. The lowest BCUT2D eigenvalue weighted by atomic mass is 9.72. The van der Waals surface area contributed by atoms with Gasteiger partial charge >= 0.3 is 0 Å². The van der Waals surface area contributed by atoms with Gasteiger partial charge in [-0.25, -0.2) is 0 Å². The van der Waals surface area contributed by atoms with E-state index in [1.165, 1.54) is 0 Å². The fraction of sp³-hybridized carbons (Fsp3) is 0.435. The first-order valence-electron chi connectivity index (χ1n) is 9.82. The predicted octanol–water partition coefficient (Wildman–Crippen LogP) is 3.72. The smallest absolute Gasteiger partial charge is 0.233 e. The Morgan fingerprint density at radius 1 is 0.963 bits per heavy atom. The molecular weight excluding hydrogens is 338 g/mol. The lowest BCUT2D eigenvalue weighted by Crippen LogP contribution is -2.55. The standard InChI is InChI=1S/C23H27NO3/c1-18-16-24(17-21(27-18)19-8-4-2-5-9-19)22(25)23(12-14-26-15-13-23)20-10-6-3-7-11-20/h2-11,18,21H,12-17H2,1H3/t18-,21-/m0/s1. The van der Waals surface area contributed by atoms with Crippen LogP contribution in [-0.2, 0) is 19.7 Å². The molecule has 2 atom stereocenters. The van der Waals surface area contributed by atoms with Crippen LogP contribution in [-0.4, -0.2) is 43.2 Å². The minimum atomic E-state index is -0.488. The van der Waals surface area contributed by atoms with E-state index < -0.39 is 5.41 Å². The van der Waals surface area contributed by atoms with E-state index in [0.717, 1.165) is 24.0 Å². The van der Waals surface area contributed by atoms with Crippen molar-refractivity contribution in [3.8, 4) is 0 Å². The molecule has 142 valence electrons. The molecule has 0 aliphatic carbocycles. The van der Waals surface area contributed by atoms with E-state index in [1.807, 2.05) is 41.3 Å². The first kappa shape index (κ1) is 18.2. The maximum absolute atomic E-state index is 13.8. The van der Waals surface area contributed by atoms with Crippen molar-refractivity contribution in [2.75, 3.05) is 26.3 Å². The normalized spacial score (nSPS) is 25.1. The summed E-state index contributed by atoms with van der Waals surface area (Å²) in [5.41, 5.74) is 1.74. The predicted molar refractivity (Wildman–Crippen MR) is 104 cm³/mol. The minimum absolute atomic E-state index is 0.0144. The molecule has 0 bridgehead atoms. The molecule has 2 fully saturated rings. The topological polar surface area (TPSA) is 38.8 Å². The largest absolute Gasteiger partial charge is 0.381 e. The Hall–Kier alpha value is -2.17. The molecular formula is C23H27NO3. The van der Waals surface area contributed by atoms with E-state index in [1.54, 1.807) is 0 Å². The Labute approximate surface area is 161 Å². The summed E-state index contributed by atoms with van der Waals surface area (Å²) >= 11 is 0. The van der Waals surface area contributed by atoms with Crippen LogP contribution in [0.4, 0.5) is 0 Å². The Kier molecular flexibility index (Phi) is 5.28. The van der Waals surface area contributed by atoms with Gasteiger partial charge in [0.05, 0.1) is 18.1 Å². The van der Waals surface area contributed by atoms with Gasteiger partial charge in [-0.05, 0) is 30.9 Å². The zero-order chi connectivity index (χ0) is 18.7. The molecule has 0 unspecified atom stereocenters. The number of ether oxygens (including phenoxy) is 2. The van der Waals surface area contributed by atoms with Crippen LogP contribution in [0, 0.1) is 0 Å². The molecule has 0 spiro atoms. The van der Waals surface area contributed by atoms with Gasteiger partial charge < -0.3 is 14.4 Å². The van der Waals surface area contributed by atoms with E-state index >= 15 is 0 Å². The maximum Gasteiger partial charge on any atom is 0.233 e. The first-order chi connectivity index (χ1) is 13.2. The molecule has 2 aliphatic heterocycles. The molecule has 4 heteroatoms. The van der Waals surface area contributed by atoms with Crippen LogP contribution in [0.25, 0.3) is 0 Å². The van der Waals surface area contributed by atoms with Crippen molar-refractivity contribution in [2.24, 2.45) is 0 Å². The number of morpholine rings is 1. The summed E-state index contributed by atoms with van der Waals surface area (Å²) in [6.07, 6.45) is 1.40. The number of hydrogen-bond acceptors (Lipinski definition) is 3. The van der Waals surface area contributed by atoms with Crippen LogP contribution in [0.5, 0.6) is 0 Å². The number of rotatable bonds is 3. The summed E-state index contributed by atoms with van der Waals surface area (Å²) < 4.78 is 11.8. The molecule has 4 nitrogen and oxygen atoms in total. The van der Waals surface area contributed by atoms with E-state index in [4.69, 9.17) is 9.47 Å². The average molecular weight is 365 g/mol. The maximum atomic E-state index is 13.8. The fourth-order valence-electron chi connectivity index (χ4n) is 4.37. The van der Waals surface area contributed by atoms with Gasteiger partial charge in [0, 0.05) is 19.8 Å². The van der Waals surface area contributed by atoms with Crippen molar-refractivity contribution in [3.63, 3.8) is 0 Å². The van der Waals surface area contributed by atoms with Crippen molar-refractivity contribution in [3.05, 3.63) is 71.8 Å². The molecule has 0 aromatic heterocycles. The average Bonchev–Trinajstić information content (AvgIpc) is 2.74. The number of carbonyl (C=O) groups excluding carboxylic acids is 1. The lowest BCUT2D eigenvalue weighted by Gasteiger charge is -2.44. The van der Waals surface area contributed by atoms with E-state index in [0.29, 0.717) is 26.3 Å². The van der Waals surface area contributed by atoms with E-state index in [9.17, 15) is 4.79 Å². The molecule has 4 rings (SSSR count). The highest BCUT2D eigenvalue weighted by molar-refractivity contribution is 5.88. The number of hydrogen-bond donors (Lipinski definition) is 0. The molecule has 1 amide bonds. The van der Waals surface area contributed by atoms with Crippen molar-refractivity contribution < 1.29 is 14.3 Å². The number of amides is 1. The van der Waals surface area contributed by atoms with Gasteiger partial charge in [-0.3, -0.25) is 4.79 Å².